The molecule has 0 saturated carbocycles. The lowest BCUT2D eigenvalue weighted by Gasteiger charge is -2.15. The van der Waals surface area contributed by atoms with Crippen LogP contribution in [-0.4, -0.2) is 16.0 Å². The van der Waals surface area contributed by atoms with Gasteiger partial charge in [-0.25, -0.2) is 9.97 Å². The van der Waals surface area contributed by atoms with Crippen LogP contribution in [0.25, 0.3) is 0 Å². The predicted molar refractivity (Wildman–Crippen MR) is 67.6 cm³/mol. The molecule has 1 atom stereocenters. The summed E-state index contributed by atoms with van der Waals surface area (Å²) >= 11 is 6.04. The Labute approximate surface area is 102 Å². The van der Waals surface area contributed by atoms with Crippen molar-refractivity contribution in [2.24, 2.45) is 0 Å². The summed E-state index contributed by atoms with van der Waals surface area (Å²) in [6, 6.07) is -0.0124. The van der Waals surface area contributed by atoms with Gasteiger partial charge < -0.3 is 5.32 Å². The number of nitrogens with zero attached hydrogens (tertiary/aromatic N) is 2. The fourth-order valence-electron chi connectivity index (χ4n) is 1.41. The molecular formula is C12H16ClN3. The zero-order valence-corrected chi connectivity index (χ0v) is 10.4. The second kappa shape index (κ2) is 6.34. The first-order valence-electron chi connectivity index (χ1n) is 5.44. The molecule has 16 heavy (non-hydrogen) atoms. The van der Waals surface area contributed by atoms with Crippen molar-refractivity contribution in [3.63, 3.8) is 0 Å². The zero-order valence-electron chi connectivity index (χ0n) is 9.63. The summed E-state index contributed by atoms with van der Waals surface area (Å²) in [6.07, 6.45) is 9.55. The van der Waals surface area contributed by atoms with Crippen LogP contribution in [-0.2, 0) is 6.42 Å². The molecule has 0 aromatic carbocycles. The third-order valence-electron chi connectivity index (χ3n) is 2.31. The van der Waals surface area contributed by atoms with E-state index in [1.165, 1.54) is 6.33 Å². The molecule has 0 aliphatic heterocycles. The van der Waals surface area contributed by atoms with Gasteiger partial charge in [-0.3, -0.25) is 0 Å². The summed E-state index contributed by atoms with van der Waals surface area (Å²) in [5.41, 5.74) is 0.945. The summed E-state index contributed by atoms with van der Waals surface area (Å²) in [4.78, 5) is 8.17. The van der Waals surface area contributed by atoms with Crippen LogP contribution in [0.3, 0.4) is 0 Å². The van der Waals surface area contributed by atoms with Crippen LogP contribution < -0.4 is 5.32 Å². The molecule has 0 radical (unpaired) electrons. The number of terminal acetylenes is 1. The lowest BCUT2D eigenvalue weighted by molar-refractivity contribution is 0.833. The monoisotopic (exact) mass is 237 g/mol. The minimum atomic E-state index is -0.0124. The zero-order chi connectivity index (χ0) is 12.0. The maximum atomic E-state index is 6.04. The Morgan fingerprint density at radius 2 is 2.25 bits per heavy atom. The van der Waals surface area contributed by atoms with Crippen LogP contribution in [0.4, 0.5) is 5.82 Å². The fraction of sp³-hybridized carbons (Fsp3) is 0.500. The van der Waals surface area contributed by atoms with Crippen LogP contribution in [0, 0.1) is 12.3 Å². The molecule has 0 spiro atoms. The Hall–Kier alpha value is -1.27. The van der Waals surface area contributed by atoms with Crippen LogP contribution >= 0.6 is 11.6 Å². The Morgan fingerprint density at radius 1 is 1.50 bits per heavy atom. The minimum absolute atomic E-state index is 0.0124. The molecule has 86 valence electrons. The van der Waals surface area contributed by atoms with Crippen molar-refractivity contribution in [2.45, 2.75) is 39.2 Å². The van der Waals surface area contributed by atoms with Gasteiger partial charge >= 0.3 is 0 Å². The number of hydrogen-bond acceptors (Lipinski definition) is 3. The summed E-state index contributed by atoms with van der Waals surface area (Å²) in [5.74, 6) is 3.43. The second-order valence-corrected chi connectivity index (χ2v) is 3.87. The van der Waals surface area contributed by atoms with E-state index in [0.29, 0.717) is 5.15 Å². The number of aromatic nitrogens is 2. The van der Waals surface area contributed by atoms with Gasteiger partial charge in [-0.05, 0) is 12.8 Å². The molecule has 0 saturated heterocycles. The van der Waals surface area contributed by atoms with Gasteiger partial charge in [0.05, 0.1) is 6.04 Å². The van der Waals surface area contributed by atoms with E-state index >= 15 is 0 Å². The number of hydrogen-bond donors (Lipinski definition) is 1. The van der Waals surface area contributed by atoms with Crippen molar-refractivity contribution in [1.82, 2.24) is 9.97 Å². The third kappa shape index (κ3) is 3.11. The van der Waals surface area contributed by atoms with E-state index in [2.05, 4.69) is 28.1 Å². The topological polar surface area (TPSA) is 37.8 Å². The lowest BCUT2D eigenvalue weighted by Crippen LogP contribution is -2.18. The molecule has 1 aromatic heterocycles. The van der Waals surface area contributed by atoms with Crippen LogP contribution in [0.5, 0.6) is 0 Å². The molecular weight excluding hydrogens is 222 g/mol. The molecule has 1 heterocycles. The Balaban J connectivity index is 2.94. The van der Waals surface area contributed by atoms with Crippen molar-refractivity contribution < 1.29 is 0 Å². The van der Waals surface area contributed by atoms with Crippen LogP contribution in [0.15, 0.2) is 6.33 Å². The van der Waals surface area contributed by atoms with Gasteiger partial charge in [-0.15, -0.1) is 6.42 Å². The van der Waals surface area contributed by atoms with E-state index < -0.39 is 0 Å². The van der Waals surface area contributed by atoms with Gasteiger partial charge in [0, 0.05) is 5.56 Å². The van der Waals surface area contributed by atoms with E-state index in [4.69, 9.17) is 18.0 Å². The normalized spacial score (nSPS) is 11.9. The highest BCUT2D eigenvalue weighted by Crippen LogP contribution is 2.22. The van der Waals surface area contributed by atoms with E-state index in [0.717, 1.165) is 30.6 Å². The lowest BCUT2D eigenvalue weighted by atomic mass is 10.1. The maximum Gasteiger partial charge on any atom is 0.137 e. The summed E-state index contributed by atoms with van der Waals surface area (Å²) in [7, 11) is 0. The summed E-state index contributed by atoms with van der Waals surface area (Å²) in [6.45, 7) is 4.12. The molecule has 0 aliphatic carbocycles. The number of anilines is 1. The van der Waals surface area contributed by atoms with Crippen LogP contribution in [0.1, 0.15) is 32.3 Å². The van der Waals surface area contributed by atoms with E-state index in [1.807, 2.05) is 6.92 Å². The van der Waals surface area contributed by atoms with Crippen molar-refractivity contribution in [2.75, 3.05) is 5.32 Å². The Kier molecular flexibility index (Phi) is 5.07. The molecule has 1 rings (SSSR count). The van der Waals surface area contributed by atoms with Crippen molar-refractivity contribution in [3.05, 3.63) is 17.0 Å². The molecule has 0 aliphatic rings. The van der Waals surface area contributed by atoms with E-state index in [1.54, 1.807) is 0 Å². The van der Waals surface area contributed by atoms with Gasteiger partial charge in [0.15, 0.2) is 0 Å². The molecule has 3 nitrogen and oxygen atoms in total. The standard InChI is InChI=1S/C12H16ClN3/c1-4-7-10-11(13)14-8-15-12(10)16-9(5-2)6-3/h2,8-9H,4,6-7H2,1,3H3,(H,14,15,16). The molecule has 4 heteroatoms. The number of nitrogens with one attached hydrogen (secondary N) is 1. The summed E-state index contributed by atoms with van der Waals surface area (Å²) < 4.78 is 0. The van der Waals surface area contributed by atoms with Gasteiger partial charge in [-0.1, -0.05) is 37.8 Å². The number of halogens is 1. The van der Waals surface area contributed by atoms with Crippen molar-refractivity contribution in [1.29, 1.82) is 0 Å². The van der Waals surface area contributed by atoms with E-state index in [9.17, 15) is 0 Å². The molecule has 1 aromatic rings. The van der Waals surface area contributed by atoms with Crippen LogP contribution in [0.2, 0.25) is 5.15 Å². The maximum absolute atomic E-state index is 6.04. The third-order valence-corrected chi connectivity index (χ3v) is 2.64. The fourth-order valence-corrected chi connectivity index (χ4v) is 1.64. The molecule has 0 amide bonds. The van der Waals surface area contributed by atoms with Crippen molar-refractivity contribution >= 4 is 17.4 Å². The van der Waals surface area contributed by atoms with Gasteiger partial charge in [0.25, 0.3) is 0 Å². The van der Waals surface area contributed by atoms with Gasteiger partial charge in [0.2, 0.25) is 0 Å². The smallest absolute Gasteiger partial charge is 0.137 e. The predicted octanol–water partition coefficient (Wildman–Crippen LogP) is 2.91. The molecule has 0 fully saturated rings. The first-order valence-corrected chi connectivity index (χ1v) is 5.82. The highest BCUT2D eigenvalue weighted by molar-refractivity contribution is 6.30. The highest BCUT2D eigenvalue weighted by atomic mass is 35.5. The average Bonchev–Trinajstić information content (AvgIpc) is 2.30. The minimum Gasteiger partial charge on any atom is -0.356 e. The second-order valence-electron chi connectivity index (χ2n) is 3.51. The van der Waals surface area contributed by atoms with E-state index in [-0.39, 0.29) is 6.04 Å². The Bertz CT molecular complexity index is 384. The molecule has 0 bridgehead atoms. The van der Waals surface area contributed by atoms with Gasteiger partial charge in [-0.2, -0.15) is 0 Å². The number of rotatable bonds is 5. The van der Waals surface area contributed by atoms with Crippen molar-refractivity contribution in [3.8, 4) is 12.3 Å². The molecule has 1 unspecified atom stereocenters. The first-order chi connectivity index (χ1) is 7.72. The largest absolute Gasteiger partial charge is 0.356 e. The Morgan fingerprint density at radius 3 is 2.81 bits per heavy atom. The SMILES string of the molecule is C#CC(CC)Nc1ncnc(Cl)c1CCC. The quantitative estimate of drug-likeness (QED) is 0.632. The first kappa shape index (κ1) is 12.8. The average molecular weight is 238 g/mol. The highest BCUT2D eigenvalue weighted by Gasteiger charge is 2.11. The molecule has 1 N–H and O–H groups in total. The van der Waals surface area contributed by atoms with Gasteiger partial charge in [0.1, 0.15) is 17.3 Å². The summed E-state index contributed by atoms with van der Waals surface area (Å²) in [5, 5.41) is 3.71.